The van der Waals surface area contributed by atoms with Gasteiger partial charge in [-0.1, -0.05) is 37.0 Å². The zero-order chi connectivity index (χ0) is 11.3. The summed E-state index contributed by atoms with van der Waals surface area (Å²) in [6.45, 7) is 5.91. The van der Waals surface area contributed by atoms with Gasteiger partial charge >= 0.3 is 0 Å². The molecule has 1 aromatic carbocycles. The van der Waals surface area contributed by atoms with Gasteiger partial charge < -0.3 is 4.90 Å². The van der Waals surface area contributed by atoms with Gasteiger partial charge in [0.15, 0.2) is 0 Å². The molecule has 0 fully saturated rings. The van der Waals surface area contributed by atoms with Crippen molar-refractivity contribution in [1.82, 2.24) is 0 Å². The Balaban J connectivity index is 0.000000791. The molecule has 0 aliphatic rings. The lowest BCUT2D eigenvalue weighted by atomic mass is 10.2. The van der Waals surface area contributed by atoms with Crippen LogP contribution in [-0.2, 0) is 0 Å². The fourth-order valence-corrected chi connectivity index (χ4v) is 1.37. The van der Waals surface area contributed by atoms with Crippen LogP contribution in [0, 0.1) is 6.92 Å². The largest absolute Gasteiger partial charge is 0.378 e. The van der Waals surface area contributed by atoms with Gasteiger partial charge in [-0.15, -0.1) is 0 Å². The van der Waals surface area contributed by atoms with Crippen molar-refractivity contribution in [3.05, 3.63) is 27.7 Å². The van der Waals surface area contributed by atoms with Crippen LogP contribution in [0.4, 0.5) is 5.69 Å². The molecule has 0 bridgehead atoms. The fourth-order valence-electron chi connectivity index (χ4n) is 0.890. The van der Waals surface area contributed by atoms with Gasteiger partial charge in [0.05, 0.1) is 0 Å². The van der Waals surface area contributed by atoms with Gasteiger partial charge in [-0.25, -0.2) is 0 Å². The molecule has 0 N–H and O–H groups in total. The Hall–Kier alpha value is -0.400. The van der Waals surface area contributed by atoms with E-state index in [1.807, 2.05) is 51.9 Å². The number of hydrogen-bond acceptors (Lipinski definition) is 1. The van der Waals surface area contributed by atoms with Crippen molar-refractivity contribution in [2.24, 2.45) is 0 Å². The first-order valence-electron chi connectivity index (χ1n) is 4.65. The highest BCUT2D eigenvalue weighted by Gasteiger charge is 2.04. The standard InChI is InChI=1S/C9H11Cl2N.C2H6/c1-6-8(10)4-7(12(2)3)5-9(6)11;1-2/h4-5H,1-3H3;1-2H3. The maximum Gasteiger partial charge on any atom is 0.0470 e. The molecule has 0 aromatic heterocycles. The third-order valence-corrected chi connectivity index (χ3v) is 2.57. The van der Waals surface area contributed by atoms with E-state index in [1.165, 1.54) is 0 Å². The van der Waals surface area contributed by atoms with Gasteiger partial charge in [0.1, 0.15) is 0 Å². The predicted molar refractivity (Wildman–Crippen MR) is 66.9 cm³/mol. The lowest BCUT2D eigenvalue weighted by Crippen LogP contribution is -2.08. The molecule has 80 valence electrons. The number of rotatable bonds is 1. The SMILES string of the molecule is CC.Cc1c(Cl)cc(N(C)C)cc1Cl. The lowest BCUT2D eigenvalue weighted by molar-refractivity contribution is 1.13. The summed E-state index contributed by atoms with van der Waals surface area (Å²) < 4.78 is 0. The summed E-state index contributed by atoms with van der Waals surface area (Å²) >= 11 is 11.9. The van der Waals surface area contributed by atoms with Crippen LogP contribution in [0.2, 0.25) is 10.0 Å². The second kappa shape index (κ2) is 6.15. The van der Waals surface area contributed by atoms with Crippen LogP contribution in [0.5, 0.6) is 0 Å². The van der Waals surface area contributed by atoms with E-state index in [2.05, 4.69) is 0 Å². The summed E-state index contributed by atoms with van der Waals surface area (Å²) in [6.07, 6.45) is 0. The average molecular weight is 234 g/mol. The average Bonchev–Trinajstić information content (AvgIpc) is 2.16. The minimum absolute atomic E-state index is 0.714. The number of benzene rings is 1. The van der Waals surface area contributed by atoms with Gasteiger partial charge in [0.25, 0.3) is 0 Å². The van der Waals surface area contributed by atoms with E-state index in [4.69, 9.17) is 23.2 Å². The van der Waals surface area contributed by atoms with Crippen molar-refractivity contribution in [2.45, 2.75) is 20.8 Å². The number of nitrogens with zero attached hydrogens (tertiary/aromatic N) is 1. The molecular weight excluding hydrogens is 217 g/mol. The van der Waals surface area contributed by atoms with E-state index in [-0.39, 0.29) is 0 Å². The van der Waals surface area contributed by atoms with Gasteiger partial charge in [0, 0.05) is 29.8 Å². The Labute approximate surface area is 96.6 Å². The zero-order valence-corrected chi connectivity index (χ0v) is 10.9. The Morgan fingerprint density at radius 2 is 1.36 bits per heavy atom. The quantitative estimate of drug-likeness (QED) is 0.696. The van der Waals surface area contributed by atoms with Crippen molar-refractivity contribution in [3.8, 4) is 0 Å². The topological polar surface area (TPSA) is 3.24 Å². The first kappa shape index (κ1) is 13.6. The monoisotopic (exact) mass is 233 g/mol. The molecule has 0 aliphatic carbocycles. The Bertz CT molecular complexity index is 272. The second-order valence-corrected chi connectivity index (χ2v) is 3.74. The maximum absolute atomic E-state index is 5.95. The van der Waals surface area contributed by atoms with Gasteiger partial charge in [-0.2, -0.15) is 0 Å². The number of hydrogen-bond donors (Lipinski definition) is 0. The molecule has 1 nitrogen and oxygen atoms in total. The molecule has 0 heterocycles. The first-order chi connectivity index (χ1) is 6.52. The summed E-state index contributed by atoms with van der Waals surface area (Å²) in [4.78, 5) is 1.97. The Morgan fingerprint density at radius 1 is 1.00 bits per heavy atom. The van der Waals surface area contributed by atoms with Crippen molar-refractivity contribution in [2.75, 3.05) is 19.0 Å². The molecule has 0 unspecified atom stereocenters. The molecule has 14 heavy (non-hydrogen) atoms. The van der Waals surface area contributed by atoms with Crippen molar-refractivity contribution in [3.63, 3.8) is 0 Å². The van der Waals surface area contributed by atoms with Crippen LogP contribution in [0.25, 0.3) is 0 Å². The van der Waals surface area contributed by atoms with Gasteiger partial charge in [-0.3, -0.25) is 0 Å². The second-order valence-electron chi connectivity index (χ2n) is 2.93. The Kier molecular flexibility index (Phi) is 5.98. The molecule has 1 aromatic rings. The van der Waals surface area contributed by atoms with Crippen LogP contribution in [0.1, 0.15) is 19.4 Å². The summed E-state index contributed by atoms with van der Waals surface area (Å²) in [6, 6.07) is 3.81. The third kappa shape index (κ3) is 3.39. The van der Waals surface area contributed by atoms with Crippen molar-refractivity contribution >= 4 is 28.9 Å². The zero-order valence-electron chi connectivity index (χ0n) is 9.36. The third-order valence-electron chi connectivity index (χ3n) is 1.78. The molecule has 0 spiro atoms. The normalized spacial score (nSPS) is 9.07. The molecule has 0 radical (unpaired) electrons. The van der Waals surface area contributed by atoms with Crippen LogP contribution in [0.3, 0.4) is 0 Å². The van der Waals surface area contributed by atoms with Crippen LogP contribution in [0.15, 0.2) is 12.1 Å². The molecule has 0 saturated carbocycles. The van der Waals surface area contributed by atoms with E-state index in [0.29, 0.717) is 10.0 Å². The summed E-state index contributed by atoms with van der Waals surface area (Å²) in [7, 11) is 3.91. The van der Waals surface area contributed by atoms with Crippen molar-refractivity contribution < 1.29 is 0 Å². The molecule has 1 rings (SSSR count). The van der Waals surface area contributed by atoms with Crippen LogP contribution < -0.4 is 4.90 Å². The smallest absolute Gasteiger partial charge is 0.0470 e. The highest BCUT2D eigenvalue weighted by molar-refractivity contribution is 6.36. The molecule has 0 aliphatic heterocycles. The van der Waals surface area contributed by atoms with Gasteiger partial charge in [0.2, 0.25) is 0 Å². The molecular formula is C11H17Cl2N. The number of halogens is 2. The first-order valence-corrected chi connectivity index (χ1v) is 5.41. The molecule has 0 saturated heterocycles. The van der Waals surface area contributed by atoms with E-state index >= 15 is 0 Å². The summed E-state index contributed by atoms with van der Waals surface area (Å²) in [5, 5.41) is 1.43. The maximum atomic E-state index is 5.95. The minimum atomic E-state index is 0.714. The highest BCUT2D eigenvalue weighted by atomic mass is 35.5. The van der Waals surface area contributed by atoms with Crippen molar-refractivity contribution in [1.29, 1.82) is 0 Å². The number of anilines is 1. The summed E-state index contributed by atoms with van der Waals surface area (Å²) in [5.41, 5.74) is 1.96. The Morgan fingerprint density at radius 3 is 1.64 bits per heavy atom. The van der Waals surface area contributed by atoms with E-state index in [1.54, 1.807) is 0 Å². The predicted octanol–water partition coefficient (Wildman–Crippen LogP) is 4.39. The van der Waals surface area contributed by atoms with E-state index < -0.39 is 0 Å². The molecule has 3 heteroatoms. The highest BCUT2D eigenvalue weighted by Crippen LogP contribution is 2.28. The lowest BCUT2D eigenvalue weighted by Gasteiger charge is -2.14. The molecule has 0 amide bonds. The minimum Gasteiger partial charge on any atom is -0.378 e. The van der Waals surface area contributed by atoms with E-state index in [0.717, 1.165) is 11.3 Å². The van der Waals surface area contributed by atoms with Crippen LogP contribution >= 0.6 is 23.2 Å². The van der Waals surface area contributed by atoms with E-state index in [9.17, 15) is 0 Å². The van der Waals surface area contributed by atoms with Gasteiger partial charge in [-0.05, 0) is 24.6 Å². The van der Waals surface area contributed by atoms with Crippen LogP contribution in [-0.4, -0.2) is 14.1 Å². The molecule has 0 atom stereocenters. The fraction of sp³-hybridized carbons (Fsp3) is 0.455. The summed E-state index contributed by atoms with van der Waals surface area (Å²) in [5.74, 6) is 0.